The van der Waals surface area contributed by atoms with Gasteiger partial charge in [-0.3, -0.25) is 0 Å². The van der Waals surface area contributed by atoms with E-state index in [4.69, 9.17) is 17.3 Å². The molecular formula is C14H17ClN2S. The molecule has 0 saturated heterocycles. The zero-order valence-electron chi connectivity index (χ0n) is 10.3. The number of hydrogen-bond donors (Lipinski definition) is 2. The van der Waals surface area contributed by atoms with Crippen molar-refractivity contribution in [3.05, 3.63) is 51.2 Å². The molecule has 0 saturated carbocycles. The van der Waals surface area contributed by atoms with Gasteiger partial charge in [-0.05, 0) is 35.6 Å². The number of anilines is 1. The van der Waals surface area contributed by atoms with E-state index in [1.165, 1.54) is 10.4 Å². The van der Waals surface area contributed by atoms with Crippen LogP contribution in [0.3, 0.4) is 0 Å². The number of hydrogen-bond acceptors (Lipinski definition) is 3. The average molecular weight is 281 g/mol. The van der Waals surface area contributed by atoms with Crippen molar-refractivity contribution < 1.29 is 0 Å². The molecule has 0 radical (unpaired) electrons. The van der Waals surface area contributed by atoms with Gasteiger partial charge in [-0.2, -0.15) is 0 Å². The Morgan fingerprint density at radius 3 is 2.83 bits per heavy atom. The van der Waals surface area contributed by atoms with E-state index in [-0.39, 0.29) is 0 Å². The van der Waals surface area contributed by atoms with Crippen LogP contribution in [0.4, 0.5) is 5.69 Å². The first-order chi connectivity index (χ1) is 8.70. The molecule has 0 amide bonds. The number of benzene rings is 1. The normalized spacial score (nSPS) is 12.6. The maximum Gasteiger partial charge on any atom is 0.0468 e. The molecule has 1 heterocycles. The van der Waals surface area contributed by atoms with Crippen molar-refractivity contribution in [3.8, 4) is 0 Å². The van der Waals surface area contributed by atoms with Gasteiger partial charge in [0.1, 0.15) is 0 Å². The molecule has 1 atom stereocenters. The Bertz CT molecular complexity index is 510. The summed E-state index contributed by atoms with van der Waals surface area (Å²) in [4.78, 5) is 1.19. The fraction of sp³-hybridized carbons (Fsp3) is 0.286. The second kappa shape index (κ2) is 6.23. The third kappa shape index (κ3) is 3.25. The lowest BCUT2D eigenvalue weighted by molar-refractivity contribution is 0.522. The van der Waals surface area contributed by atoms with E-state index in [1.807, 2.05) is 29.6 Å². The van der Waals surface area contributed by atoms with Crippen LogP contribution < -0.4 is 11.1 Å². The summed E-state index contributed by atoms with van der Waals surface area (Å²) in [7, 11) is 0. The molecule has 0 fully saturated rings. The summed E-state index contributed by atoms with van der Waals surface area (Å²) in [5.74, 6) is 0. The smallest absolute Gasteiger partial charge is 0.0468 e. The summed E-state index contributed by atoms with van der Waals surface area (Å²) in [6, 6.07) is 10.3. The van der Waals surface area contributed by atoms with E-state index in [9.17, 15) is 0 Å². The van der Waals surface area contributed by atoms with Gasteiger partial charge >= 0.3 is 0 Å². The summed E-state index contributed by atoms with van der Waals surface area (Å²) in [5, 5.41) is 6.33. The Kier molecular flexibility index (Phi) is 4.64. The first-order valence-electron chi connectivity index (χ1n) is 6.01. The molecule has 18 heavy (non-hydrogen) atoms. The molecule has 0 aliphatic rings. The van der Waals surface area contributed by atoms with Crippen molar-refractivity contribution in [3.63, 3.8) is 0 Å². The standard InChI is InChI=1S/C14H17ClN2S/c1-2-13(10-4-3-5-11(15)8-10)17-9-14-12(16)6-7-18-14/h3-8,13,17H,2,9,16H2,1H3. The number of nitrogen functional groups attached to an aromatic ring is 1. The van der Waals surface area contributed by atoms with Gasteiger partial charge in [0.05, 0.1) is 0 Å². The Morgan fingerprint density at radius 1 is 1.39 bits per heavy atom. The van der Waals surface area contributed by atoms with Crippen LogP contribution in [0.1, 0.15) is 29.8 Å². The summed E-state index contributed by atoms with van der Waals surface area (Å²) in [6.07, 6.45) is 1.02. The van der Waals surface area contributed by atoms with Crippen LogP contribution in [0.15, 0.2) is 35.7 Å². The van der Waals surface area contributed by atoms with E-state index in [1.54, 1.807) is 11.3 Å². The Balaban J connectivity index is 2.04. The molecular weight excluding hydrogens is 264 g/mol. The second-order valence-electron chi connectivity index (χ2n) is 4.20. The van der Waals surface area contributed by atoms with Crippen molar-refractivity contribution in [2.24, 2.45) is 0 Å². The predicted octanol–water partition coefficient (Wildman–Crippen LogP) is 4.22. The lowest BCUT2D eigenvalue weighted by atomic mass is 10.0. The van der Waals surface area contributed by atoms with Crippen LogP contribution in [-0.4, -0.2) is 0 Å². The van der Waals surface area contributed by atoms with Crippen LogP contribution in [-0.2, 0) is 6.54 Å². The molecule has 0 spiro atoms. The molecule has 0 bridgehead atoms. The van der Waals surface area contributed by atoms with Crippen LogP contribution in [0, 0.1) is 0 Å². The number of halogens is 1. The molecule has 96 valence electrons. The van der Waals surface area contributed by atoms with Gasteiger partial charge in [-0.15, -0.1) is 11.3 Å². The molecule has 2 nitrogen and oxygen atoms in total. The summed E-state index contributed by atoms with van der Waals surface area (Å²) in [5.41, 5.74) is 7.97. The first-order valence-corrected chi connectivity index (χ1v) is 7.27. The molecule has 2 rings (SSSR count). The minimum Gasteiger partial charge on any atom is -0.398 e. The monoisotopic (exact) mass is 280 g/mol. The molecule has 1 aromatic heterocycles. The van der Waals surface area contributed by atoms with Gasteiger partial charge in [0.25, 0.3) is 0 Å². The molecule has 0 aliphatic heterocycles. The van der Waals surface area contributed by atoms with Gasteiger partial charge in [0.2, 0.25) is 0 Å². The Hall–Kier alpha value is -1.03. The highest BCUT2D eigenvalue weighted by Crippen LogP contribution is 2.23. The Labute approximate surface area is 117 Å². The highest BCUT2D eigenvalue weighted by molar-refractivity contribution is 7.10. The van der Waals surface area contributed by atoms with Gasteiger partial charge in [0.15, 0.2) is 0 Å². The van der Waals surface area contributed by atoms with E-state index in [2.05, 4.69) is 18.3 Å². The molecule has 1 aromatic carbocycles. The van der Waals surface area contributed by atoms with Crippen LogP contribution in [0.5, 0.6) is 0 Å². The maximum atomic E-state index is 6.03. The first kappa shape index (κ1) is 13.4. The fourth-order valence-electron chi connectivity index (χ4n) is 1.93. The number of rotatable bonds is 5. The summed E-state index contributed by atoms with van der Waals surface area (Å²) < 4.78 is 0. The number of nitrogens with one attached hydrogen (secondary N) is 1. The van der Waals surface area contributed by atoms with E-state index < -0.39 is 0 Å². The van der Waals surface area contributed by atoms with Gasteiger partial charge in [-0.25, -0.2) is 0 Å². The second-order valence-corrected chi connectivity index (χ2v) is 5.63. The van der Waals surface area contributed by atoms with Crippen molar-refractivity contribution in [1.82, 2.24) is 5.32 Å². The lowest BCUT2D eigenvalue weighted by Gasteiger charge is -2.17. The molecule has 0 aliphatic carbocycles. The molecule has 3 N–H and O–H groups in total. The van der Waals surface area contributed by atoms with Crippen LogP contribution in [0.25, 0.3) is 0 Å². The predicted molar refractivity (Wildman–Crippen MR) is 80.1 cm³/mol. The number of thiophene rings is 1. The van der Waals surface area contributed by atoms with Crippen molar-refractivity contribution in [2.75, 3.05) is 5.73 Å². The van der Waals surface area contributed by atoms with Crippen LogP contribution >= 0.6 is 22.9 Å². The SMILES string of the molecule is CCC(NCc1sccc1N)c1cccc(Cl)c1. The minimum atomic E-state index is 0.310. The average Bonchev–Trinajstić information content (AvgIpc) is 2.76. The molecule has 4 heteroatoms. The third-order valence-corrected chi connectivity index (χ3v) is 4.12. The zero-order valence-corrected chi connectivity index (χ0v) is 11.9. The quantitative estimate of drug-likeness (QED) is 0.860. The molecule has 2 aromatic rings. The van der Waals surface area contributed by atoms with Crippen molar-refractivity contribution in [1.29, 1.82) is 0 Å². The topological polar surface area (TPSA) is 38.0 Å². The van der Waals surface area contributed by atoms with E-state index in [0.29, 0.717) is 6.04 Å². The highest BCUT2D eigenvalue weighted by atomic mass is 35.5. The van der Waals surface area contributed by atoms with Crippen LogP contribution in [0.2, 0.25) is 5.02 Å². The van der Waals surface area contributed by atoms with Gasteiger partial charge in [-0.1, -0.05) is 30.7 Å². The lowest BCUT2D eigenvalue weighted by Crippen LogP contribution is -2.20. The Morgan fingerprint density at radius 2 is 2.22 bits per heavy atom. The van der Waals surface area contributed by atoms with E-state index in [0.717, 1.165) is 23.7 Å². The fourth-order valence-corrected chi connectivity index (χ4v) is 2.88. The maximum absolute atomic E-state index is 6.03. The minimum absolute atomic E-state index is 0.310. The van der Waals surface area contributed by atoms with Gasteiger partial charge < -0.3 is 11.1 Å². The van der Waals surface area contributed by atoms with Crippen molar-refractivity contribution in [2.45, 2.75) is 25.9 Å². The van der Waals surface area contributed by atoms with Gasteiger partial charge in [0, 0.05) is 28.2 Å². The zero-order chi connectivity index (χ0) is 13.0. The van der Waals surface area contributed by atoms with E-state index >= 15 is 0 Å². The molecule has 1 unspecified atom stereocenters. The third-order valence-electron chi connectivity index (χ3n) is 2.95. The summed E-state index contributed by atoms with van der Waals surface area (Å²) in [6.45, 7) is 2.96. The van der Waals surface area contributed by atoms with Crippen molar-refractivity contribution >= 4 is 28.6 Å². The summed E-state index contributed by atoms with van der Waals surface area (Å²) >= 11 is 7.71. The number of nitrogens with two attached hydrogens (primary N) is 1. The highest BCUT2D eigenvalue weighted by Gasteiger charge is 2.10. The largest absolute Gasteiger partial charge is 0.398 e.